The second-order valence-corrected chi connectivity index (χ2v) is 7.78. The van der Waals surface area contributed by atoms with Gasteiger partial charge in [-0.25, -0.2) is 13.2 Å². The first-order valence-corrected chi connectivity index (χ1v) is 7.94. The normalized spacial score (nSPS) is 12.9. The van der Waals surface area contributed by atoms with Gasteiger partial charge in [-0.2, -0.15) is 4.31 Å². The summed E-state index contributed by atoms with van der Waals surface area (Å²) in [6, 6.07) is 1.13. The summed E-state index contributed by atoms with van der Waals surface area (Å²) in [5.41, 5.74) is -1.21. The molecule has 0 unspecified atom stereocenters. The second kappa shape index (κ2) is 5.58. The third-order valence-corrected chi connectivity index (χ3v) is 5.67. The third-order valence-electron chi connectivity index (χ3n) is 2.33. The van der Waals surface area contributed by atoms with Crippen molar-refractivity contribution in [3.8, 4) is 0 Å². The Bertz CT molecular complexity index is 556. The molecule has 0 bridgehead atoms. The van der Waals surface area contributed by atoms with E-state index in [9.17, 15) is 18.3 Å². The average molecular weight is 307 g/mol. The summed E-state index contributed by atoms with van der Waals surface area (Å²) in [5, 5.41) is 19.8. The first-order valence-electron chi connectivity index (χ1n) is 5.62. The van der Waals surface area contributed by atoms with Crippen LogP contribution < -0.4 is 0 Å². The van der Waals surface area contributed by atoms with Gasteiger partial charge in [0.05, 0.1) is 11.2 Å². The van der Waals surface area contributed by atoms with Crippen molar-refractivity contribution in [3.05, 3.63) is 17.0 Å². The van der Waals surface area contributed by atoms with Crippen molar-refractivity contribution in [2.45, 2.75) is 30.6 Å². The highest BCUT2D eigenvalue weighted by Crippen LogP contribution is 2.25. The molecule has 1 heterocycles. The summed E-state index contributed by atoms with van der Waals surface area (Å²) >= 11 is 0.862. The Morgan fingerprint density at radius 3 is 2.42 bits per heavy atom. The molecule has 6 nitrogen and oxygen atoms in total. The SMILES string of the molecule is CCN(CC(C)(C)O)S(=O)(=O)c1cc(C(=O)O)cs1. The van der Waals surface area contributed by atoms with Gasteiger partial charge >= 0.3 is 5.97 Å². The third kappa shape index (κ3) is 4.00. The topological polar surface area (TPSA) is 94.9 Å². The summed E-state index contributed by atoms with van der Waals surface area (Å²) in [6.45, 7) is 4.85. The number of carbonyl (C=O) groups is 1. The molecule has 1 rings (SSSR count). The van der Waals surface area contributed by atoms with Gasteiger partial charge in [-0.05, 0) is 19.9 Å². The molecule has 1 aromatic heterocycles. The standard InChI is InChI=1S/C11H17NO5S2/c1-4-12(7-11(2,3)15)19(16,17)9-5-8(6-18-9)10(13)14/h5-6,15H,4,7H2,1-3H3,(H,13,14). The molecule has 1 aromatic rings. The minimum absolute atomic E-state index is 0.0315. The fourth-order valence-corrected chi connectivity index (χ4v) is 4.40. The summed E-state index contributed by atoms with van der Waals surface area (Å²) in [6.07, 6.45) is 0. The number of nitrogens with zero attached hydrogens (tertiary/aromatic N) is 1. The van der Waals surface area contributed by atoms with Gasteiger partial charge in [-0.3, -0.25) is 0 Å². The van der Waals surface area contributed by atoms with Gasteiger partial charge in [0.1, 0.15) is 4.21 Å². The van der Waals surface area contributed by atoms with Crippen LogP contribution in [0.4, 0.5) is 0 Å². The Morgan fingerprint density at radius 1 is 1.47 bits per heavy atom. The minimum Gasteiger partial charge on any atom is -0.478 e. The van der Waals surface area contributed by atoms with Crippen molar-refractivity contribution in [2.75, 3.05) is 13.1 Å². The van der Waals surface area contributed by atoms with Crippen LogP contribution in [0.3, 0.4) is 0 Å². The number of carboxylic acids is 1. The van der Waals surface area contributed by atoms with Gasteiger partial charge in [0.15, 0.2) is 0 Å². The lowest BCUT2D eigenvalue weighted by atomic mass is 10.1. The molecule has 0 fully saturated rings. The zero-order valence-electron chi connectivity index (χ0n) is 11.0. The fraction of sp³-hybridized carbons (Fsp3) is 0.545. The summed E-state index contributed by atoms with van der Waals surface area (Å²) < 4.78 is 25.7. The average Bonchev–Trinajstić information content (AvgIpc) is 2.74. The van der Waals surface area contributed by atoms with Crippen molar-refractivity contribution < 1.29 is 23.4 Å². The van der Waals surface area contributed by atoms with Gasteiger partial charge < -0.3 is 10.2 Å². The first-order chi connectivity index (χ1) is 8.58. The highest BCUT2D eigenvalue weighted by atomic mass is 32.2. The molecule has 0 amide bonds. The largest absolute Gasteiger partial charge is 0.478 e. The lowest BCUT2D eigenvalue weighted by Crippen LogP contribution is -2.41. The van der Waals surface area contributed by atoms with Gasteiger partial charge in [-0.15, -0.1) is 11.3 Å². The highest BCUT2D eigenvalue weighted by molar-refractivity contribution is 7.91. The predicted molar refractivity (Wildman–Crippen MR) is 72.0 cm³/mol. The van der Waals surface area contributed by atoms with Gasteiger partial charge in [-0.1, -0.05) is 6.92 Å². The Hall–Kier alpha value is -0.960. The second-order valence-electron chi connectivity index (χ2n) is 4.70. The number of sulfonamides is 1. The molecule has 0 radical (unpaired) electrons. The first kappa shape index (κ1) is 16.1. The summed E-state index contributed by atoms with van der Waals surface area (Å²) in [7, 11) is -3.77. The van der Waals surface area contributed by atoms with Crippen molar-refractivity contribution in [2.24, 2.45) is 0 Å². The molecule has 0 spiro atoms. The van der Waals surface area contributed by atoms with E-state index < -0.39 is 21.6 Å². The Balaban J connectivity index is 3.10. The zero-order valence-corrected chi connectivity index (χ0v) is 12.6. The molecule has 19 heavy (non-hydrogen) atoms. The van der Waals surface area contributed by atoms with Crippen molar-refractivity contribution in [1.82, 2.24) is 4.31 Å². The van der Waals surface area contributed by atoms with Crippen LogP contribution in [-0.2, 0) is 10.0 Å². The Kier molecular flexibility index (Phi) is 4.72. The lowest BCUT2D eigenvalue weighted by molar-refractivity contribution is 0.0601. The van der Waals surface area contributed by atoms with Crippen molar-refractivity contribution >= 4 is 27.3 Å². The summed E-state index contributed by atoms with van der Waals surface area (Å²) in [4.78, 5) is 10.8. The number of aliphatic hydroxyl groups is 1. The Labute approximate surface area is 116 Å². The van der Waals surface area contributed by atoms with E-state index in [0.29, 0.717) is 0 Å². The van der Waals surface area contributed by atoms with Gasteiger partial charge in [0, 0.05) is 18.5 Å². The quantitative estimate of drug-likeness (QED) is 0.824. The zero-order chi connectivity index (χ0) is 14.8. The predicted octanol–water partition coefficient (Wildman–Crippen LogP) is 1.23. The molecular formula is C11H17NO5S2. The van der Waals surface area contributed by atoms with Crippen molar-refractivity contribution in [1.29, 1.82) is 0 Å². The number of hydrogen-bond donors (Lipinski definition) is 2. The lowest BCUT2D eigenvalue weighted by Gasteiger charge is -2.26. The van der Waals surface area contributed by atoms with Gasteiger partial charge in [0.2, 0.25) is 0 Å². The molecule has 0 aromatic carbocycles. The van der Waals surface area contributed by atoms with Crippen molar-refractivity contribution in [3.63, 3.8) is 0 Å². The van der Waals surface area contributed by atoms with Crippen LogP contribution >= 0.6 is 11.3 Å². The Morgan fingerprint density at radius 2 is 2.05 bits per heavy atom. The van der Waals surface area contributed by atoms with Crippen LogP contribution in [0.15, 0.2) is 15.7 Å². The maximum Gasteiger partial charge on any atom is 0.336 e. The maximum absolute atomic E-state index is 12.3. The van der Waals surface area contributed by atoms with E-state index in [0.717, 1.165) is 21.7 Å². The monoisotopic (exact) mass is 307 g/mol. The fourth-order valence-electron chi connectivity index (χ4n) is 1.49. The van der Waals surface area contributed by atoms with E-state index in [4.69, 9.17) is 5.11 Å². The molecule has 0 aliphatic carbocycles. The van der Waals surface area contributed by atoms with Crippen LogP contribution in [0.5, 0.6) is 0 Å². The molecule has 0 atom stereocenters. The minimum atomic E-state index is -3.77. The van der Waals surface area contributed by atoms with Crippen LogP contribution in [-0.4, -0.2) is 47.6 Å². The van der Waals surface area contributed by atoms with Gasteiger partial charge in [0.25, 0.3) is 10.0 Å². The number of aromatic carboxylic acids is 1. The van der Waals surface area contributed by atoms with E-state index in [1.807, 2.05) is 0 Å². The van der Waals surface area contributed by atoms with Crippen LogP contribution in [0.2, 0.25) is 0 Å². The van der Waals surface area contributed by atoms with E-state index in [-0.39, 0.29) is 22.9 Å². The molecule has 0 saturated carbocycles. The smallest absolute Gasteiger partial charge is 0.336 e. The molecule has 0 saturated heterocycles. The highest BCUT2D eigenvalue weighted by Gasteiger charge is 2.30. The van der Waals surface area contributed by atoms with E-state index in [1.165, 1.54) is 19.2 Å². The molecule has 0 aliphatic heterocycles. The number of rotatable bonds is 6. The van der Waals surface area contributed by atoms with Crippen LogP contribution in [0.1, 0.15) is 31.1 Å². The molecule has 2 N–H and O–H groups in total. The van der Waals surface area contributed by atoms with Crippen LogP contribution in [0.25, 0.3) is 0 Å². The molecule has 0 aliphatic rings. The maximum atomic E-state index is 12.3. The number of carboxylic acid groups (broad SMARTS) is 1. The van der Waals surface area contributed by atoms with E-state index >= 15 is 0 Å². The molecular weight excluding hydrogens is 290 g/mol. The van der Waals surface area contributed by atoms with Crippen LogP contribution in [0, 0.1) is 0 Å². The molecule has 8 heteroatoms. The van der Waals surface area contributed by atoms with E-state index in [2.05, 4.69) is 0 Å². The molecule has 108 valence electrons. The number of likely N-dealkylation sites (N-methyl/N-ethyl adjacent to an activating group) is 1. The number of thiophene rings is 1. The number of hydrogen-bond acceptors (Lipinski definition) is 5. The van der Waals surface area contributed by atoms with E-state index in [1.54, 1.807) is 6.92 Å². The summed E-state index contributed by atoms with van der Waals surface area (Å²) in [5.74, 6) is -1.16.